The SMILES string of the molecule is CCCCCCOc1ccc(N=Cc2ccc(C(=O)Oc3ccc(Cl)c(OC(=O)c4ccc(C=Nc5ccc(OCCCCCC)cc5)cc4)c3)cc2)cc1. The summed E-state index contributed by atoms with van der Waals surface area (Å²) in [6.45, 7) is 5.80. The Balaban J connectivity index is 1.09. The van der Waals surface area contributed by atoms with Crippen LogP contribution in [0.25, 0.3) is 0 Å². The third-order valence-corrected chi connectivity index (χ3v) is 8.85. The summed E-state index contributed by atoms with van der Waals surface area (Å²) in [4.78, 5) is 35.0. The van der Waals surface area contributed by atoms with Gasteiger partial charge in [-0.2, -0.15) is 0 Å². The van der Waals surface area contributed by atoms with Gasteiger partial charge in [0.2, 0.25) is 0 Å². The van der Waals surface area contributed by atoms with Crippen molar-refractivity contribution in [3.63, 3.8) is 0 Å². The monoisotopic (exact) mass is 758 g/mol. The molecule has 284 valence electrons. The van der Waals surface area contributed by atoms with Crippen molar-refractivity contribution in [1.82, 2.24) is 0 Å². The first-order valence-corrected chi connectivity index (χ1v) is 19.3. The Morgan fingerprint density at radius 3 is 1.42 bits per heavy atom. The zero-order valence-electron chi connectivity index (χ0n) is 31.4. The van der Waals surface area contributed by atoms with Crippen molar-refractivity contribution < 1.29 is 28.5 Å². The van der Waals surface area contributed by atoms with E-state index in [2.05, 4.69) is 23.8 Å². The summed E-state index contributed by atoms with van der Waals surface area (Å²) >= 11 is 6.33. The maximum Gasteiger partial charge on any atom is 0.343 e. The van der Waals surface area contributed by atoms with Crippen LogP contribution in [0.5, 0.6) is 23.0 Å². The highest BCUT2D eigenvalue weighted by Crippen LogP contribution is 2.30. The fourth-order valence-corrected chi connectivity index (χ4v) is 5.51. The van der Waals surface area contributed by atoms with Crippen LogP contribution in [0.15, 0.2) is 125 Å². The number of unbranched alkanes of at least 4 members (excludes halogenated alkanes) is 6. The van der Waals surface area contributed by atoms with E-state index in [1.807, 2.05) is 48.5 Å². The van der Waals surface area contributed by atoms with Crippen LogP contribution in [-0.4, -0.2) is 37.6 Å². The first kappa shape index (κ1) is 40.5. The molecule has 0 heterocycles. The number of hydrogen-bond acceptors (Lipinski definition) is 8. The van der Waals surface area contributed by atoms with Gasteiger partial charge in [0, 0.05) is 18.5 Å². The summed E-state index contributed by atoms with van der Waals surface area (Å²) in [7, 11) is 0. The van der Waals surface area contributed by atoms with Gasteiger partial charge in [-0.25, -0.2) is 9.59 Å². The number of carbonyl (C=O) groups excluding carboxylic acids is 2. The predicted molar refractivity (Wildman–Crippen MR) is 221 cm³/mol. The first-order chi connectivity index (χ1) is 26.9. The number of halogens is 1. The van der Waals surface area contributed by atoms with E-state index >= 15 is 0 Å². The highest BCUT2D eigenvalue weighted by molar-refractivity contribution is 6.32. The lowest BCUT2D eigenvalue weighted by Gasteiger charge is -2.10. The number of carbonyl (C=O) groups is 2. The van der Waals surface area contributed by atoms with Crippen LogP contribution >= 0.6 is 11.6 Å². The molecule has 0 aliphatic rings. The predicted octanol–water partition coefficient (Wildman–Crippen LogP) is 12.2. The normalized spacial score (nSPS) is 11.2. The molecule has 0 aromatic heterocycles. The lowest BCUT2D eigenvalue weighted by Crippen LogP contribution is -2.10. The van der Waals surface area contributed by atoms with Crippen LogP contribution in [0.3, 0.4) is 0 Å². The Bertz CT molecular complexity index is 2010. The first-order valence-electron chi connectivity index (χ1n) is 18.9. The molecule has 55 heavy (non-hydrogen) atoms. The smallest absolute Gasteiger partial charge is 0.343 e. The average molecular weight is 759 g/mol. The summed E-state index contributed by atoms with van der Waals surface area (Å²) in [6.07, 6.45) is 12.7. The highest BCUT2D eigenvalue weighted by atomic mass is 35.5. The van der Waals surface area contributed by atoms with Crippen molar-refractivity contribution in [2.75, 3.05) is 13.2 Å². The Morgan fingerprint density at radius 2 is 0.964 bits per heavy atom. The molecule has 9 heteroatoms. The molecule has 0 atom stereocenters. The van der Waals surface area contributed by atoms with E-state index in [-0.39, 0.29) is 16.5 Å². The molecule has 0 saturated carbocycles. The molecule has 0 spiro atoms. The van der Waals surface area contributed by atoms with E-state index in [0.29, 0.717) is 24.3 Å². The minimum Gasteiger partial charge on any atom is -0.494 e. The molecule has 0 aliphatic carbocycles. The Morgan fingerprint density at radius 1 is 0.527 bits per heavy atom. The maximum absolute atomic E-state index is 13.0. The molecule has 0 amide bonds. The second kappa shape index (κ2) is 21.8. The lowest BCUT2D eigenvalue weighted by atomic mass is 10.1. The van der Waals surface area contributed by atoms with E-state index in [9.17, 15) is 9.59 Å². The van der Waals surface area contributed by atoms with Crippen molar-refractivity contribution in [2.45, 2.75) is 65.2 Å². The van der Waals surface area contributed by atoms with Crippen LogP contribution < -0.4 is 18.9 Å². The van der Waals surface area contributed by atoms with Crippen LogP contribution in [0, 0.1) is 0 Å². The van der Waals surface area contributed by atoms with Gasteiger partial charge in [-0.1, -0.05) is 88.2 Å². The molecular weight excluding hydrogens is 712 g/mol. The Labute approximate surface area is 328 Å². The number of nitrogens with zero attached hydrogens (tertiary/aromatic N) is 2. The second-order valence-corrected chi connectivity index (χ2v) is 13.3. The maximum atomic E-state index is 13.0. The van der Waals surface area contributed by atoms with E-state index in [1.54, 1.807) is 61.0 Å². The van der Waals surface area contributed by atoms with E-state index in [4.69, 9.17) is 30.5 Å². The van der Waals surface area contributed by atoms with Gasteiger partial charge in [0.1, 0.15) is 17.2 Å². The average Bonchev–Trinajstić information content (AvgIpc) is 3.21. The zero-order valence-corrected chi connectivity index (χ0v) is 32.2. The van der Waals surface area contributed by atoms with Gasteiger partial charge in [-0.05, 0) is 109 Å². The molecule has 0 fully saturated rings. The summed E-state index contributed by atoms with van der Waals surface area (Å²) in [6, 6.07) is 33.4. The van der Waals surface area contributed by atoms with Gasteiger partial charge in [-0.15, -0.1) is 0 Å². The highest BCUT2D eigenvalue weighted by Gasteiger charge is 2.15. The van der Waals surface area contributed by atoms with Gasteiger partial charge in [-0.3, -0.25) is 9.98 Å². The molecule has 0 N–H and O–H groups in total. The van der Waals surface area contributed by atoms with Gasteiger partial charge in [0.05, 0.1) is 40.7 Å². The van der Waals surface area contributed by atoms with Gasteiger partial charge >= 0.3 is 11.9 Å². The van der Waals surface area contributed by atoms with E-state index < -0.39 is 11.9 Å². The van der Waals surface area contributed by atoms with E-state index in [1.165, 1.54) is 56.7 Å². The topological polar surface area (TPSA) is 95.8 Å². The van der Waals surface area contributed by atoms with Crippen molar-refractivity contribution >= 4 is 47.3 Å². The quantitative estimate of drug-likeness (QED) is 0.0339. The van der Waals surface area contributed by atoms with Gasteiger partial charge < -0.3 is 18.9 Å². The van der Waals surface area contributed by atoms with E-state index in [0.717, 1.165) is 46.8 Å². The van der Waals surface area contributed by atoms with Crippen LogP contribution in [0.2, 0.25) is 5.02 Å². The summed E-state index contributed by atoms with van der Waals surface area (Å²) in [5.74, 6) is 0.704. The number of benzene rings is 5. The molecule has 5 rings (SSSR count). The molecule has 0 saturated heterocycles. The molecule has 5 aromatic carbocycles. The Hall–Kier alpha value is -5.73. The molecule has 0 aliphatic heterocycles. The minimum absolute atomic E-state index is 0.0640. The van der Waals surface area contributed by atoms with Crippen LogP contribution in [-0.2, 0) is 0 Å². The third-order valence-electron chi connectivity index (χ3n) is 8.54. The van der Waals surface area contributed by atoms with Crippen LogP contribution in [0.4, 0.5) is 11.4 Å². The summed E-state index contributed by atoms with van der Waals surface area (Å²) in [5.41, 5.74) is 3.87. The molecule has 0 bridgehead atoms. The van der Waals surface area contributed by atoms with Crippen molar-refractivity contribution in [3.8, 4) is 23.0 Å². The number of aliphatic imine (C=N–C) groups is 2. The minimum atomic E-state index is -0.613. The van der Waals surface area contributed by atoms with Gasteiger partial charge in [0.25, 0.3) is 0 Å². The molecule has 0 radical (unpaired) electrons. The molecule has 0 unspecified atom stereocenters. The largest absolute Gasteiger partial charge is 0.494 e. The fraction of sp³-hybridized carbons (Fsp3) is 0.261. The molecule has 8 nitrogen and oxygen atoms in total. The second-order valence-electron chi connectivity index (χ2n) is 12.9. The fourth-order valence-electron chi connectivity index (χ4n) is 5.35. The number of hydrogen-bond donors (Lipinski definition) is 0. The molecule has 5 aromatic rings. The number of ether oxygens (including phenoxy) is 4. The van der Waals surface area contributed by atoms with Gasteiger partial charge in [0.15, 0.2) is 5.75 Å². The van der Waals surface area contributed by atoms with Crippen molar-refractivity contribution in [3.05, 3.63) is 143 Å². The van der Waals surface area contributed by atoms with Crippen molar-refractivity contribution in [1.29, 1.82) is 0 Å². The number of esters is 2. The summed E-state index contributed by atoms with van der Waals surface area (Å²) < 4.78 is 22.7. The summed E-state index contributed by atoms with van der Waals surface area (Å²) in [5, 5.41) is 0.193. The molecular formula is C46H47ClN2O6. The number of rotatable bonds is 20. The lowest BCUT2D eigenvalue weighted by molar-refractivity contribution is 0.0733. The zero-order chi connectivity index (χ0) is 38.7. The third kappa shape index (κ3) is 13.6. The standard InChI is InChI=1S/C46H47ClN2O6/c1-3-5-7-9-29-52-40-23-19-38(20-24-40)48-32-34-11-15-36(16-12-34)45(50)54-42-27-28-43(47)44(31-42)55-46(51)37-17-13-35(14-18-37)33-49-39-21-25-41(26-22-39)53-30-10-8-6-4-2/h11-28,31-33H,3-10,29-30H2,1-2H3. The Kier molecular flexibility index (Phi) is 16.1. The van der Waals surface area contributed by atoms with Crippen molar-refractivity contribution in [2.24, 2.45) is 9.98 Å². The van der Waals surface area contributed by atoms with Crippen LogP contribution in [0.1, 0.15) is 97.1 Å².